The third kappa shape index (κ3) is 9.76. The number of amides is 3. The van der Waals surface area contributed by atoms with Gasteiger partial charge in [-0.25, -0.2) is 9.59 Å². The SMILES string of the molecule is CCCCNC(N)=O.Cc1cc(C)cc(NC(=O)O)c1. The van der Waals surface area contributed by atoms with Gasteiger partial charge in [-0.1, -0.05) is 19.4 Å². The number of anilines is 1. The third-order valence-electron chi connectivity index (χ3n) is 2.30. The van der Waals surface area contributed by atoms with E-state index in [2.05, 4.69) is 17.6 Å². The number of carbonyl (C=O) groups is 2. The average molecular weight is 281 g/mol. The van der Waals surface area contributed by atoms with Crippen molar-refractivity contribution < 1.29 is 14.7 Å². The molecule has 1 aromatic rings. The topological polar surface area (TPSA) is 104 Å². The Labute approximate surface area is 119 Å². The van der Waals surface area contributed by atoms with E-state index in [9.17, 15) is 9.59 Å². The molecule has 20 heavy (non-hydrogen) atoms. The maximum absolute atomic E-state index is 10.3. The molecular weight excluding hydrogens is 258 g/mol. The Morgan fingerprint density at radius 2 is 1.75 bits per heavy atom. The van der Waals surface area contributed by atoms with Gasteiger partial charge in [0.25, 0.3) is 0 Å². The summed E-state index contributed by atoms with van der Waals surface area (Å²) in [7, 11) is 0. The van der Waals surface area contributed by atoms with E-state index >= 15 is 0 Å². The lowest BCUT2D eigenvalue weighted by Gasteiger charge is -2.03. The van der Waals surface area contributed by atoms with Gasteiger partial charge >= 0.3 is 12.1 Å². The zero-order valence-electron chi connectivity index (χ0n) is 12.2. The molecule has 0 aliphatic rings. The number of benzene rings is 1. The third-order valence-corrected chi connectivity index (χ3v) is 2.30. The normalized spacial score (nSPS) is 9.15. The molecule has 0 aromatic heterocycles. The molecule has 112 valence electrons. The summed E-state index contributed by atoms with van der Waals surface area (Å²) in [6.07, 6.45) is 1.06. The van der Waals surface area contributed by atoms with Gasteiger partial charge in [0.1, 0.15) is 0 Å². The summed E-state index contributed by atoms with van der Waals surface area (Å²) in [6, 6.07) is 5.15. The molecule has 0 bridgehead atoms. The molecule has 1 rings (SSSR count). The zero-order valence-corrected chi connectivity index (χ0v) is 12.2. The van der Waals surface area contributed by atoms with Crippen LogP contribution in [0.2, 0.25) is 0 Å². The highest BCUT2D eigenvalue weighted by atomic mass is 16.4. The summed E-state index contributed by atoms with van der Waals surface area (Å²) in [6.45, 7) is 6.62. The molecule has 0 heterocycles. The van der Waals surface area contributed by atoms with Gasteiger partial charge in [0.2, 0.25) is 0 Å². The van der Waals surface area contributed by atoms with Crippen LogP contribution in [0.1, 0.15) is 30.9 Å². The second-order valence-corrected chi connectivity index (χ2v) is 4.45. The van der Waals surface area contributed by atoms with Crippen LogP contribution in [0.3, 0.4) is 0 Å². The number of carboxylic acid groups (broad SMARTS) is 1. The largest absolute Gasteiger partial charge is 0.465 e. The van der Waals surface area contributed by atoms with Crippen LogP contribution in [0.5, 0.6) is 0 Å². The molecule has 0 fully saturated rings. The van der Waals surface area contributed by atoms with E-state index in [0.29, 0.717) is 12.2 Å². The van der Waals surface area contributed by atoms with E-state index < -0.39 is 12.1 Å². The summed E-state index contributed by atoms with van der Waals surface area (Å²) in [5, 5.41) is 13.2. The van der Waals surface area contributed by atoms with Crippen LogP contribution in [-0.2, 0) is 0 Å². The second kappa shape index (κ2) is 9.66. The van der Waals surface area contributed by atoms with E-state index in [0.717, 1.165) is 24.0 Å². The zero-order chi connectivity index (χ0) is 15.5. The molecule has 0 spiro atoms. The van der Waals surface area contributed by atoms with Crippen molar-refractivity contribution in [1.82, 2.24) is 5.32 Å². The monoisotopic (exact) mass is 281 g/mol. The number of hydrogen-bond acceptors (Lipinski definition) is 2. The molecule has 0 radical (unpaired) electrons. The minimum absolute atomic E-state index is 0.432. The van der Waals surface area contributed by atoms with Gasteiger partial charge < -0.3 is 16.2 Å². The lowest BCUT2D eigenvalue weighted by Crippen LogP contribution is -2.29. The number of rotatable bonds is 4. The molecule has 0 saturated heterocycles. The molecule has 6 nitrogen and oxygen atoms in total. The molecule has 5 N–H and O–H groups in total. The lowest BCUT2D eigenvalue weighted by atomic mass is 10.1. The van der Waals surface area contributed by atoms with Crippen molar-refractivity contribution in [3.63, 3.8) is 0 Å². The number of primary amides is 1. The number of urea groups is 1. The average Bonchev–Trinajstić information content (AvgIpc) is 2.27. The van der Waals surface area contributed by atoms with Gasteiger partial charge in [-0.3, -0.25) is 5.32 Å². The van der Waals surface area contributed by atoms with Crippen LogP contribution < -0.4 is 16.4 Å². The summed E-state index contributed by atoms with van der Waals surface area (Å²) >= 11 is 0. The van der Waals surface area contributed by atoms with Crippen LogP contribution in [0, 0.1) is 13.8 Å². The highest BCUT2D eigenvalue weighted by Gasteiger charge is 1.98. The Bertz CT molecular complexity index is 427. The first kappa shape index (κ1) is 17.8. The smallest absolute Gasteiger partial charge is 0.409 e. The molecule has 0 aliphatic carbocycles. The first-order chi connectivity index (χ1) is 9.35. The van der Waals surface area contributed by atoms with Gasteiger partial charge in [0.15, 0.2) is 0 Å². The van der Waals surface area contributed by atoms with E-state index in [1.165, 1.54) is 0 Å². The summed E-state index contributed by atoms with van der Waals surface area (Å²) in [4.78, 5) is 20.3. The maximum atomic E-state index is 10.3. The van der Waals surface area contributed by atoms with E-state index in [1.807, 2.05) is 19.9 Å². The molecule has 6 heteroatoms. The predicted molar refractivity (Wildman–Crippen MR) is 80.1 cm³/mol. The highest BCUT2D eigenvalue weighted by molar-refractivity contribution is 5.83. The van der Waals surface area contributed by atoms with Gasteiger partial charge in [-0.2, -0.15) is 0 Å². The minimum atomic E-state index is -1.03. The Balaban J connectivity index is 0.000000396. The van der Waals surface area contributed by atoms with Gasteiger partial charge in [-0.05, 0) is 43.5 Å². The van der Waals surface area contributed by atoms with E-state index in [-0.39, 0.29) is 0 Å². The molecule has 0 saturated carbocycles. The quantitative estimate of drug-likeness (QED) is 0.638. The van der Waals surface area contributed by atoms with E-state index in [4.69, 9.17) is 10.8 Å². The summed E-state index contributed by atoms with van der Waals surface area (Å²) in [5.74, 6) is 0. The number of aryl methyl sites for hydroxylation is 2. The molecule has 0 aliphatic heterocycles. The Kier molecular flexibility index (Phi) is 8.58. The fourth-order valence-electron chi connectivity index (χ4n) is 1.56. The van der Waals surface area contributed by atoms with Crippen LogP contribution >= 0.6 is 0 Å². The van der Waals surface area contributed by atoms with Crippen molar-refractivity contribution in [3.05, 3.63) is 29.3 Å². The van der Waals surface area contributed by atoms with Crippen molar-refractivity contribution in [3.8, 4) is 0 Å². The van der Waals surface area contributed by atoms with Crippen LogP contribution in [0.25, 0.3) is 0 Å². The maximum Gasteiger partial charge on any atom is 0.409 e. The molecular formula is C14H23N3O3. The molecule has 1 aromatic carbocycles. The number of hydrogen-bond donors (Lipinski definition) is 4. The number of carbonyl (C=O) groups excluding carboxylic acids is 1. The minimum Gasteiger partial charge on any atom is -0.465 e. The van der Waals surface area contributed by atoms with Gasteiger partial charge in [-0.15, -0.1) is 0 Å². The fourth-order valence-corrected chi connectivity index (χ4v) is 1.56. The predicted octanol–water partition coefficient (Wildman–Crippen LogP) is 2.85. The van der Waals surface area contributed by atoms with Gasteiger partial charge in [0.05, 0.1) is 0 Å². The standard InChI is InChI=1S/C9H11NO2.C5H12N2O/c1-6-3-7(2)5-8(4-6)10-9(11)12;1-2-3-4-7-5(6)8/h3-5,10H,1-2H3,(H,11,12);2-4H2,1H3,(H3,6,7,8). The first-order valence-corrected chi connectivity index (χ1v) is 6.46. The molecule has 0 unspecified atom stereocenters. The van der Waals surface area contributed by atoms with Gasteiger partial charge in [0, 0.05) is 12.2 Å². The van der Waals surface area contributed by atoms with Crippen molar-refractivity contribution in [2.45, 2.75) is 33.6 Å². The number of unbranched alkanes of at least 4 members (excludes halogenated alkanes) is 1. The number of nitrogens with one attached hydrogen (secondary N) is 2. The van der Waals surface area contributed by atoms with Crippen molar-refractivity contribution >= 4 is 17.8 Å². The second-order valence-electron chi connectivity index (χ2n) is 4.45. The molecule has 0 atom stereocenters. The fraction of sp³-hybridized carbons (Fsp3) is 0.429. The summed E-state index contributed by atoms with van der Waals surface area (Å²) < 4.78 is 0. The van der Waals surface area contributed by atoms with E-state index in [1.54, 1.807) is 12.1 Å². The summed E-state index contributed by atoms with van der Waals surface area (Å²) in [5.41, 5.74) is 7.52. The Morgan fingerprint density at radius 3 is 2.15 bits per heavy atom. The first-order valence-electron chi connectivity index (χ1n) is 6.46. The Hall–Kier alpha value is -2.24. The number of nitrogens with two attached hydrogens (primary N) is 1. The molecule has 3 amide bonds. The Morgan fingerprint density at radius 1 is 1.20 bits per heavy atom. The van der Waals surface area contributed by atoms with Crippen molar-refractivity contribution in [2.24, 2.45) is 5.73 Å². The van der Waals surface area contributed by atoms with Crippen molar-refractivity contribution in [2.75, 3.05) is 11.9 Å². The van der Waals surface area contributed by atoms with Crippen LogP contribution in [-0.4, -0.2) is 23.8 Å². The lowest BCUT2D eigenvalue weighted by molar-refractivity contribution is 0.209. The van der Waals surface area contributed by atoms with Crippen molar-refractivity contribution in [1.29, 1.82) is 0 Å². The highest BCUT2D eigenvalue weighted by Crippen LogP contribution is 2.13. The van der Waals surface area contributed by atoms with Crippen LogP contribution in [0.15, 0.2) is 18.2 Å². The van der Waals surface area contributed by atoms with Crippen LogP contribution in [0.4, 0.5) is 15.3 Å².